The van der Waals surface area contributed by atoms with Crippen LogP contribution in [-0.4, -0.2) is 28.1 Å². The first kappa shape index (κ1) is 19.9. The van der Waals surface area contributed by atoms with E-state index < -0.39 is 17.9 Å². The number of amides is 1. The average Bonchev–Trinajstić information content (AvgIpc) is 3.16. The molecule has 7 nitrogen and oxygen atoms in total. The second kappa shape index (κ2) is 8.86. The topological polar surface area (TPSA) is 94.3 Å². The van der Waals surface area contributed by atoms with Crippen molar-refractivity contribution in [2.24, 2.45) is 0 Å². The zero-order valence-corrected chi connectivity index (χ0v) is 16.2. The summed E-state index contributed by atoms with van der Waals surface area (Å²) in [5.74, 6) is -0.643. The van der Waals surface area contributed by atoms with E-state index in [1.807, 2.05) is 0 Å². The SMILES string of the molecule is C[C@H](NC(=O)c1ccccc1Cl)C(=O)OCc1nc(-c2ccc(Cl)cc2)no1. The minimum absolute atomic E-state index is 0.128. The molecule has 0 radical (unpaired) electrons. The molecule has 0 aliphatic rings. The fourth-order valence-electron chi connectivity index (χ4n) is 2.27. The van der Waals surface area contributed by atoms with E-state index in [-0.39, 0.29) is 18.1 Å². The van der Waals surface area contributed by atoms with Crippen molar-refractivity contribution in [1.82, 2.24) is 15.5 Å². The van der Waals surface area contributed by atoms with Gasteiger partial charge in [0.05, 0.1) is 10.6 Å². The molecular weight excluding hydrogens is 405 g/mol. The van der Waals surface area contributed by atoms with Gasteiger partial charge in [-0.15, -0.1) is 0 Å². The van der Waals surface area contributed by atoms with Crippen molar-refractivity contribution in [3.05, 3.63) is 70.0 Å². The second-order valence-electron chi connectivity index (χ2n) is 5.80. The Hall–Kier alpha value is -2.90. The van der Waals surface area contributed by atoms with E-state index in [1.54, 1.807) is 48.5 Å². The van der Waals surface area contributed by atoms with Crippen molar-refractivity contribution >= 4 is 35.1 Å². The van der Waals surface area contributed by atoms with Gasteiger partial charge in [0, 0.05) is 10.6 Å². The molecule has 0 spiro atoms. The number of nitrogens with zero attached hydrogens (tertiary/aromatic N) is 2. The summed E-state index contributed by atoms with van der Waals surface area (Å²) in [6.45, 7) is 1.29. The highest BCUT2D eigenvalue weighted by molar-refractivity contribution is 6.33. The summed E-state index contributed by atoms with van der Waals surface area (Å²) in [4.78, 5) is 28.5. The molecule has 2 aromatic carbocycles. The van der Waals surface area contributed by atoms with Crippen molar-refractivity contribution in [2.75, 3.05) is 0 Å². The largest absolute Gasteiger partial charge is 0.454 e. The van der Waals surface area contributed by atoms with Crippen LogP contribution in [0.4, 0.5) is 0 Å². The fourth-order valence-corrected chi connectivity index (χ4v) is 2.61. The van der Waals surface area contributed by atoms with Gasteiger partial charge in [0.25, 0.3) is 11.8 Å². The smallest absolute Gasteiger partial charge is 0.328 e. The Bertz CT molecular complexity index is 989. The Balaban J connectivity index is 1.54. The molecule has 0 unspecified atom stereocenters. The molecule has 3 rings (SSSR count). The number of ether oxygens (including phenoxy) is 1. The summed E-state index contributed by atoms with van der Waals surface area (Å²) in [5.41, 5.74) is 0.986. The lowest BCUT2D eigenvalue weighted by atomic mass is 10.2. The number of carbonyl (C=O) groups excluding carboxylic acids is 2. The summed E-state index contributed by atoms with van der Waals surface area (Å²) >= 11 is 11.8. The predicted octanol–water partition coefficient (Wildman–Crippen LogP) is 3.91. The molecule has 1 N–H and O–H groups in total. The van der Waals surface area contributed by atoms with Crippen molar-refractivity contribution in [1.29, 1.82) is 0 Å². The van der Waals surface area contributed by atoms with Gasteiger partial charge in [-0.1, -0.05) is 40.5 Å². The average molecular weight is 420 g/mol. The summed E-state index contributed by atoms with van der Waals surface area (Å²) in [6.07, 6.45) is 0. The molecule has 0 aliphatic carbocycles. The Kier molecular flexibility index (Phi) is 6.28. The zero-order valence-electron chi connectivity index (χ0n) is 14.7. The van der Waals surface area contributed by atoms with Gasteiger partial charge in [-0.05, 0) is 43.3 Å². The first-order chi connectivity index (χ1) is 13.4. The molecule has 0 saturated carbocycles. The molecule has 1 heterocycles. The van der Waals surface area contributed by atoms with Crippen LogP contribution in [0.1, 0.15) is 23.2 Å². The molecule has 0 bridgehead atoms. The molecule has 144 valence electrons. The van der Waals surface area contributed by atoms with Crippen LogP contribution in [0.15, 0.2) is 53.1 Å². The van der Waals surface area contributed by atoms with E-state index in [1.165, 1.54) is 6.92 Å². The van der Waals surface area contributed by atoms with Gasteiger partial charge in [-0.3, -0.25) is 4.79 Å². The molecule has 9 heteroatoms. The number of aromatic nitrogens is 2. The summed E-state index contributed by atoms with van der Waals surface area (Å²) < 4.78 is 10.2. The molecule has 1 atom stereocenters. The third kappa shape index (κ3) is 4.88. The van der Waals surface area contributed by atoms with Crippen LogP contribution in [0, 0.1) is 0 Å². The van der Waals surface area contributed by atoms with Crippen LogP contribution in [-0.2, 0) is 16.1 Å². The van der Waals surface area contributed by atoms with Crippen molar-refractivity contribution in [3.63, 3.8) is 0 Å². The highest BCUT2D eigenvalue weighted by Crippen LogP contribution is 2.19. The van der Waals surface area contributed by atoms with E-state index >= 15 is 0 Å². The van der Waals surface area contributed by atoms with Crippen LogP contribution in [0.3, 0.4) is 0 Å². The highest BCUT2D eigenvalue weighted by atomic mass is 35.5. The van der Waals surface area contributed by atoms with Gasteiger partial charge in [0.15, 0.2) is 6.61 Å². The number of nitrogens with one attached hydrogen (secondary N) is 1. The zero-order chi connectivity index (χ0) is 20.1. The maximum absolute atomic E-state index is 12.2. The molecule has 0 fully saturated rings. The number of carbonyl (C=O) groups is 2. The number of rotatable bonds is 6. The summed E-state index contributed by atoms with van der Waals surface area (Å²) in [5, 5.41) is 7.25. The predicted molar refractivity (Wildman–Crippen MR) is 103 cm³/mol. The van der Waals surface area contributed by atoms with E-state index in [9.17, 15) is 9.59 Å². The lowest BCUT2D eigenvalue weighted by Crippen LogP contribution is -2.39. The van der Waals surface area contributed by atoms with Crippen LogP contribution >= 0.6 is 23.2 Å². The van der Waals surface area contributed by atoms with Gasteiger partial charge in [0.2, 0.25) is 5.82 Å². The lowest BCUT2D eigenvalue weighted by molar-refractivity contribution is -0.147. The van der Waals surface area contributed by atoms with Crippen LogP contribution in [0.25, 0.3) is 11.4 Å². The lowest BCUT2D eigenvalue weighted by Gasteiger charge is -2.13. The van der Waals surface area contributed by atoms with Gasteiger partial charge in [-0.25, -0.2) is 4.79 Å². The van der Waals surface area contributed by atoms with E-state index in [2.05, 4.69) is 15.5 Å². The highest BCUT2D eigenvalue weighted by Gasteiger charge is 2.20. The molecule has 3 aromatic rings. The number of hydrogen-bond acceptors (Lipinski definition) is 6. The third-order valence-electron chi connectivity index (χ3n) is 3.73. The first-order valence-corrected chi connectivity index (χ1v) is 9.00. The second-order valence-corrected chi connectivity index (χ2v) is 6.64. The number of halogens is 2. The molecule has 1 amide bonds. The Morgan fingerprint density at radius 2 is 1.86 bits per heavy atom. The van der Waals surface area contributed by atoms with Crippen molar-refractivity contribution in [2.45, 2.75) is 19.6 Å². The fraction of sp³-hybridized carbons (Fsp3) is 0.158. The van der Waals surface area contributed by atoms with Crippen molar-refractivity contribution < 1.29 is 18.8 Å². The van der Waals surface area contributed by atoms with Gasteiger partial charge >= 0.3 is 5.97 Å². The molecule has 0 saturated heterocycles. The minimum atomic E-state index is -0.887. The molecule has 28 heavy (non-hydrogen) atoms. The Morgan fingerprint density at radius 1 is 1.14 bits per heavy atom. The Labute approximate surface area is 170 Å². The maximum atomic E-state index is 12.2. The van der Waals surface area contributed by atoms with Crippen molar-refractivity contribution in [3.8, 4) is 11.4 Å². The van der Waals surface area contributed by atoms with E-state index in [0.29, 0.717) is 21.4 Å². The van der Waals surface area contributed by atoms with E-state index in [0.717, 1.165) is 0 Å². The third-order valence-corrected chi connectivity index (χ3v) is 4.31. The number of esters is 1. The molecule has 1 aromatic heterocycles. The molecular formula is C19H15Cl2N3O4. The molecule has 0 aliphatic heterocycles. The normalized spacial score (nSPS) is 11.7. The van der Waals surface area contributed by atoms with Gasteiger partial charge < -0.3 is 14.6 Å². The quantitative estimate of drug-likeness (QED) is 0.608. The maximum Gasteiger partial charge on any atom is 0.328 e. The van der Waals surface area contributed by atoms with Crippen LogP contribution < -0.4 is 5.32 Å². The summed E-state index contributed by atoms with van der Waals surface area (Å²) in [7, 11) is 0. The first-order valence-electron chi connectivity index (χ1n) is 8.24. The summed E-state index contributed by atoms with van der Waals surface area (Å²) in [6, 6.07) is 12.6. The van der Waals surface area contributed by atoms with Crippen LogP contribution in [0.2, 0.25) is 10.0 Å². The van der Waals surface area contributed by atoms with E-state index in [4.69, 9.17) is 32.5 Å². The van der Waals surface area contributed by atoms with Crippen LogP contribution in [0.5, 0.6) is 0 Å². The standard InChI is InChI=1S/C19H15Cl2N3O4/c1-11(22-18(25)14-4-2-3-5-15(14)21)19(26)27-10-16-23-17(24-28-16)12-6-8-13(20)9-7-12/h2-9,11H,10H2,1H3,(H,22,25)/t11-/m0/s1. The monoisotopic (exact) mass is 419 g/mol. The van der Waals surface area contributed by atoms with Gasteiger partial charge in [-0.2, -0.15) is 4.98 Å². The van der Waals surface area contributed by atoms with Gasteiger partial charge in [0.1, 0.15) is 6.04 Å². The number of hydrogen-bond donors (Lipinski definition) is 1. The number of benzene rings is 2. The Morgan fingerprint density at radius 3 is 2.57 bits per heavy atom. The minimum Gasteiger partial charge on any atom is -0.454 e.